The molecule has 0 aliphatic carbocycles. The van der Waals surface area contributed by atoms with Gasteiger partial charge in [-0.2, -0.15) is 0 Å². The first-order valence-corrected chi connectivity index (χ1v) is 9.43. The number of rotatable bonds is 8. The summed E-state index contributed by atoms with van der Waals surface area (Å²) < 4.78 is 23.5. The van der Waals surface area contributed by atoms with Crippen molar-refractivity contribution in [3.05, 3.63) is 30.1 Å². The monoisotopic (exact) mass is 347 g/mol. The summed E-state index contributed by atoms with van der Waals surface area (Å²) in [5, 5.41) is 3.37. The summed E-state index contributed by atoms with van der Waals surface area (Å²) >= 11 is 0. The van der Waals surface area contributed by atoms with Crippen LogP contribution in [0.25, 0.3) is 0 Å². The molecule has 2 heterocycles. The molecule has 5 nitrogen and oxygen atoms in total. The van der Waals surface area contributed by atoms with Crippen LogP contribution in [-0.2, 0) is 16.4 Å². The second-order valence-corrected chi connectivity index (χ2v) is 8.16. The Kier molecular flexibility index (Phi) is 8.31. The SMILES string of the molecule is CCS(=O)(=O)CCN(Cc1cccnc1)CC1CCNC1.Cl. The van der Waals surface area contributed by atoms with E-state index in [0.29, 0.717) is 12.5 Å². The fraction of sp³-hybridized carbons (Fsp3) is 0.667. The Bertz CT molecular complexity index is 519. The lowest BCUT2D eigenvalue weighted by Crippen LogP contribution is -2.34. The molecule has 1 N–H and O–H groups in total. The van der Waals surface area contributed by atoms with E-state index in [1.807, 2.05) is 18.3 Å². The molecule has 0 aromatic carbocycles. The number of pyridine rings is 1. The second kappa shape index (κ2) is 9.45. The molecule has 126 valence electrons. The number of nitrogens with zero attached hydrogens (tertiary/aromatic N) is 2. The van der Waals surface area contributed by atoms with E-state index in [1.165, 1.54) is 6.42 Å². The molecule has 7 heteroatoms. The third kappa shape index (κ3) is 6.60. The van der Waals surface area contributed by atoms with Gasteiger partial charge in [0, 0.05) is 37.8 Å². The van der Waals surface area contributed by atoms with Crippen LogP contribution in [0.2, 0.25) is 0 Å². The molecule has 1 saturated heterocycles. The summed E-state index contributed by atoms with van der Waals surface area (Å²) in [5.74, 6) is 1.08. The molecule has 1 aliphatic rings. The third-order valence-corrected chi connectivity index (χ3v) is 5.65. The smallest absolute Gasteiger partial charge is 0.151 e. The predicted molar refractivity (Wildman–Crippen MR) is 92.1 cm³/mol. The highest BCUT2D eigenvalue weighted by molar-refractivity contribution is 7.91. The van der Waals surface area contributed by atoms with Crippen molar-refractivity contribution >= 4 is 22.2 Å². The van der Waals surface area contributed by atoms with Gasteiger partial charge in [-0.1, -0.05) is 13.0 Å². The minimum Gasteiger partial charge on any atom is -0.316 e. The topological polar surface area (TPSA) is 62.3 Å². The number of nitrogens with one attached hydrogen (secondary N) is 1. The number of aromatic nitrogens is 1. The normalized spacial score (nSPS) is 18.4. The van der Waals surface area contributed by atoms with Crippen molar-refractivity contribution in [2.45, 2.75) is 19.9 Å². The Hall–Kier alpha value is -0.690. The summed E-state index contributed by atoms with van der Waals surface area (Å²) in [7, 11) is -2.91. The number of hydrogen-bond donors (Lipinski definition) is 1. The number of hydrogen-bond acceptors (Lipinski definition) is 5. The maximum Gasteiger partial charge on any atom is 0.151 e. The van der Waals surface area contributed by atoms with Gasteiger partial charge in [0.15, 0.2) is 9.84 Å². The molecule has 1 aromatic rings. The van der Waals surface area contributed by atoms with Gasteiger partial charge in [0.1, 0.15) is 0 Å². The zero-order valence-electron chi connectivity index (χ0n) is 13.1. The average molecular weight is 348 g/mol. The zero-order chi connectivity index (χ0) is 15.1. The van der Waals surface area contributed by atoms with Gasteiger partial charge in [0.25, 0.3) is 0 Å². The van der Waals surface area contributed by atoms with Crippen molar-refractivity contribution in [1.82, 2.24) is 15.2 Å². The molecule has 1 aromatic heterocycles. The molecule has 0 bridgehead atoms. The van der Waals surface area contributed by atoms with Gasteiger partial charge in [0.05, 0.1) is 5.75 Å². The van der Waals surface area contributed by atoms with Gasteiger partial charge < -0.3 is 5.32 Å². The molecule has 1 aliphatic heterocycles. The van der Waals surface area contributed by atoms with Crippen LogP contribution < -0.4 is 5.32 Å². The molecule has 0 amide bonds. The highest BCUT2D eigenvalue weighted by Crippen LogP contribution is 2.12. The molecule has 1 fully saturated rings. The van der Waals surface area contributed by atoms with Crippen LogP contribution in [-0.4, -0.2) is 56.0 Å². The predicted octanol–water partition coefficient (Wildman–Crippen LogP) is 1.35. The van der Waals surface area contributed by atoms with Crippen molar-refractivity contribution in [3.8, 4) is 0 Å². The van der Waals surface area contributed by atoms with Crippen LogP contribution in [0.5, 0.6) is 0 Å². The molecule has 0 radical (unpaired) electrons. The number of sulfone groups is 1. The van der Waals surface area contributed by atoms with Crippen molar-refractivity contribution in [2.24, 2.45) is 5.92 Å². The summed E-state index contributed by atoms with van der Waals surface area (Å²) in [5.41, 5.74) is 1.14. The Morgan fingerprint density at radius 1 is 1.45 bits per heavy atom. The van der Waals surface area contributed by atoms with Gasteiger partial charge in [-0.3, -0.25) is 9.88 Å². The van der Waals surface area contributed by atoms with Crippen LogP contribution in [0.4, 0.5) is 0 Å². The maximum atomic E-state index is 11.7. The highest BCUT2D eigenvalue weighted by Gasteiger charge is 2.20. The Morgan fingerprint density at radius 3 is 2.86 bits per heavy atom. The van der Waals surface area contributed by atoms with E-state index < -0.39 is 9.84 Å². The van der Waals surface area contributed by atoms with Crippen molar-refractivity contribution in [2.75, 3.05) is 37.7 Å². The van der Waals surface area contributed by atoms with Gasteiger partial charge in [-0.15, -0.1) is 12.4 Å². The fourth-order valence-electron chi connectivity index (χ4n) is 2.63. The first kappa shape index (κ1) is 19.4. The summed E-state index contributed by atoms with van der Waals surface area (Å²) in [4.78, 5) is 6.39. The van der Waals surface area contributed by atoms with E-state index in [1.54, 1.807) is 13.1 Å². The lowest BCUT2D eigenvalue weighted by atomic mass is 10.1. The highest BCUT2D eigenvalue weighted by atomic mass is 35.5. The van der Waals surface area contributed by atoms with Crippen LogP contribution in [0.1, 0.15) is 18.9 Å². The second-order valence-electron chi connectivity index (χ2n) is 5.69. The molecular formula is C15H26ClN3O2S. The Labute approximate surface area is 139 Å². The third-order valence-electron chi connectivity index (χ3n) is 3.97. The van der Waals surface area contributed by atoms with Gasteiger partial charge >= 0.3 is 0 Å². The average Bonchev–Trinajstić information content (AvgIpc) is 2.99. The summed E-state index contributed by atoms with van der Waals surface area (Å²) in [6.45, 7) is 6.12. The molecule has 0 saturated carbocycles. The fourth-order valence-corrected chi connectivity index (χ4v) is 3.46. The minimum atomic E-state index is -2.91. The minimum absolute atomic E-state index is 0. The van der Waals surface area contributed by atoms with Gasteiger partial charge in [-0.05, 0) is 37.1 Å². The summed E-state index contributed by atoms with van der Waals surface area (Å²) in [6, 6.07) is 3.97. The molecular weight excluding hydrogens is 322 g/mol. The van der Waals surface area contributed by atoms with E-state index in [9.17, 15) is 8.42 Å². The van der Waals surface area contributed by atoms with Crippen LogP contribution in [0.15, 0.2) is 24.5 Å². The lowest BCUT2D eigenvalue weighted by Gasteiger charge is -2.25. The Morgan fingerprint density at radius 2 is 2.27 bits per heavy atom. The summed E-state index contributed by atoms with van der Waals surface area (Å²) in [6.07, 6.45) is 4.79. The van der Waals surface area contributed by atoms with Crippen molar-refractivity contribution in [1.29, 1.82) is 0 Å². The van der Waals surface area contributed by atoms with Crippen LogP contribution >= 0.6 is 12.4 Å². The van der Waals surface area contributed by atoms with Gasteiger partial charge in [0.2, 0.25) is 0 Å². The zero-order valence-corrected chi connectivity index (χ0v) is 14.7. The largest absolute Gasteiger partial charge is 0.316 e. The molecule has 1 atom stereocenters. The maximum absolute atomic E-state index is 11.7. The van der Waals surface area contributed by atoms with E-state index in [0.717, 1.165) is 31.7 Å². The Balaban J connectivity index is 0.00000242. The first-order valence-electron chi connectivity index (χ1n) is 7.61. The molecule has 0 spiro atoms. The quantitative estimate of drug-likeness (QED) is 0.769. The van der Waals surface area contributed by atoms with E-state index >= 15 is 0 Å². The standard InChI is InChI=1S/C15H25N3O2S.ClH/c1-2-21(19,20)9-8-18(13-15-5-7-17-11-15)12-14-4-3-6-16-10-14;/h3-4,6,10,15,17H,2,5,7-9,11-13H2,1H3;1H. The van der Waals surface area contributed by atoms with E-state index in [4.69, 9.17) is 0 Å². The molecule has 1 unspecified atom stereocenters. The lowest BCUT2D eigenvalue weighted by molar-refractivity contribution is 0.241. The first-order chi connectivity index (χ1) is 10.1. The van der Waals surface area contributed by atoms with Crippen LogP contribution in [0.3, 0.4) is 0 Å². The molecule has 22 heavy (non-hydrogen) atoms. The van der Waals surface area contributed by atoms with E-state index in [2.05, 4.69) is 15.2 Å². The van der Waals surface area contributed by atoms with Crippen molar-refractivity contribution in [3.63, 3.8) is 0 Å². The number of halogens is 1. The van der Waals surface area contributed by atoms with Crippen LogP contribution in [0, 0.1) is 5.92 Å². The molecule has 2 rings (SSSR count). The van der Waals surface area contributed by atoms with E-state index in [-0.39, 0.29) is 23.9 Å². The van der Waals surface area contributed by atoms with Crippen molar-refractivity contribution < 1.29 is 8.42 Å². The van der Waals surface area contributed by atoms with Gasteiger partial charge in [-0.25, -0.2) is 8.42 Å².